The number of hydrogen-bond donors (Lipinski definition) is 1. The highest BCUT2D eigenvalue weighted by atomic mass is 32.1. The molecule has 3 rings (SSSR count). The molecule has 0 saturated carbocycles. The van der Waals surface area contributed by atoms with Crippen molar-refractivity contribution in [2.24, 2.45) is 0 Å². The second-order valence-electron chi connectivity index (χ2n) is 6.02. The van der Waals surface area contributed by atoms with Gasteiger partial charge in [0.05, 0.1) is 19.3 Å². The van der Waals surface area contributed by atoms with Crippen molar-refractivity contribution in [2.45, 2.75) is 13.3 Å². The lowest BCUT2D eigenvalue weighted by Crippen LogP contribution is -2.14. The van der Waals surface area contributed by atoms with Gasteiger partial charge in [-0.15, -0.1) is 11.3 Å². The van der Waals surface area contributed by atoms with Crippen LogP contribution in [-0.4, -0.2) is 25.6 Å². The maximum Gasteiger partial charge on any atom is 0.341 e. The number of anilines is 1. The van der Waals surface area contributed by atoms with Crippen molar-refractivity contribution in [2.75, 3.05) is 19.0 Å². The molecule has 0 spiro atoms. The third-order valence-electron chi connectivity index (χ3n) is 4.06. The zero-order valence-electron chi connectivity index (χ0n) is 15.7. The molecule has 1 heterocycles. The SMILES string of the molecule is CCOC(=O)c1cc(Cc2ccccc2)sc1NC(=O)c1cccc(OC)c1. The Morgan fingerprint density at radius 1 is 1.04 bits per heavy atom. The quantitative estimate of drug-likeness (QED) is 0.585. The van der Waals surface area contributed by atoms with E-state index in [1.165, 1.54) is 11.3 Å². The lowest BCUT2D eigenvalue weighted by molar-refractivity contribution is 0.0528. The third-order valence-corrected chi connectivity index (χ3v) is 5.11. The van der Waals surface area contributed by atoms with Gasteiger partial charge in [-0.2, -0.15) is 0 Å². The number of methoxy groups -OCH3 is 1. The number of rotatable bonds is 7. The van der Waals surface area contributed by atoms with Crippen LogP contribution in [0.15, 0.2) is 60.7 Å². The molecule has 3 aromatic rings. The first-order chi connectivity index (χ1) is 13.6. The molecule has 0 aliphatic rings. The smallest absolute Gasteiger partial charge is 0.341 e. The van der Waals surface area contributed by atoms with Crippen LogP contribution < -0.4 is 10.1 Å². The van der Waals surface area contributed by atoms with Crippen molar-refractivity contribution in [1.82, 2.24) is 0 Å². The number of amides is 1. The molecule has 5 nitrogen and oxygen atoms in total. The van der Waals surface area contributed by atoms with Crippen LogP contribution in [0.25, 0.3) is 0 Å². The lowest BCUT2D eigenvalue weighted by atomic mass is 10.1. The molecular weight excluding hydrogens is 374 g/mol. The van der Waals surface area contributed by atoms with E-state index >= 15 is 0 Å². The Kier molecular flexibility index (Phi) is 6.45. The summed E-state index contributed by atoms with van der Waals surface area (Å²) in [6.07, 6.45) is 0.674. The van der Waals surface area contributed by atoms with Crippen LogP contribution in [0.3, 0.4) is 0 Å². The van der Waals surface area contributed by atoms with E-state index in [1.54, 1.807) is 44.4 Å². The fraction of sp³-hybridized carbons (Fsp3) is 0.182. The average Bonchev–Trinajstić information content (AvgIpc) is 3.11. The molecule has 0 aliphatic carbocycles. The Balaban J connectivity index is 1.87. The van der Waals surface area contributed by atoms with Gasteiger partial charge >= 0.3 is 5.97 Å². The van der Waals surface area contributed by atoms with Gasteiger partial charge in [0.2, 0.25) is 0 Å². The summed E-state index contributed by atoms with van der Waals surface area (Å²) in [5, 5.41) is 3.33. The summed E-state index contributed by atoms with van der Waals surface area (Å²) < 4.78 is 10.3. The number of carbonyl (C=O) groups is 2. The highest BCUT2D eigenvalue weighted by molar-refractivity contribution is 7.16. The molecule has 144 valence electrons. The molecule has 6 heteroatoms. The van der Waals surface area contributed by atoms with Gasteiger partial charge in [0.15, 0.2) is 0 Å². The van der Waals surface area contributed by atoms with Gasteiger partial charge < -0.3 is 14.8 Å². The number of carbonyl (C=O) groups excluding carboxylic acids is 2. The molecule has 0 aliphatic heterocycles. The van der Waals surface area contributed by atoms with E-state index in [1.807, 2.05) is 30.3 Å². The van der Waals surface area contributed by atoms with E-state index in [0.717, 1.165) is 10.4 Å². The lowest BCUT2D eigenvalue weighted by Gasteiger charge is -2.07. The van der Waals surface area contributed by atoms with Crippen molar-refractivity contribution in [3.8, 4) is 5.75 Å². The van der Waals surface area contributed by atoms with E-state index < -0.39 is 5.97 Å². The minimum atomic E-state index is -0.445. The Morgan fingerprint density at radius 3 is 2.54 bits per heavy atom. The molecule has 28 heavy (non-hydrogen) atoms. The van der Waals surface area contributed by atoms with E-state index in [2.05, 4.69) is 5.32 Å². The predicted molar refractivity (Wildman–Crippen MR) is 110 cm³/mol. The standard InChI is InChI=1S/C22H21NO4S/c1-3-27-22(25)19-14-18(12-15-8-5-4-6-9-15)28-21(19)23-20(24)16-10-7-11-17(13-16)26-2/h4-11,13-14H,3,12H2,1-2H3,(H,23,24). The molecule has 1 N–H and O–H groups in total. The summed E-state index contributed by atoms with van der Waals surface area (Å²) in [6.45, 7) is 2.02. The number of esters is 1. The normalized spacial score (nSPS) is 10.4. The van der Waals surface area contributed by atoms with Crippen LogP contribution in [0.4, 0.5) is 5.00 Å². The Morgan fingerprint density at radius 2 is 1.82 bits per heavy atom. The maximum absolute atomic E-state index is 12.7. The van der Waals surface area contributed by atoms with E-state index in [0.29, 0.717) is 28.3 Å². The summed E-state index contributed by atoms with van der Waals surface area (Å²) >= 11 is 1.38. The molecule has 0 fully saturated rings. The average molecular weight is 395 g/mol. The highest BCUT2D eigenvalue weighted by Gasteiger charge is 2.20. The molecule has 0 saturated heterocycles. The molecule has 0 unspecified atom stereocenters. The molecule has 1 amide bonds. The van der Waals surface area contributed by atoms with Crippen molar-refractivity contribution < 1.29 is 19.1 Å². The number of ether oxygens (including phenoxy) is 2. The molecule has 2 aromatic carbocycles. The monoisotopic (exact) mass is 395 g/mol. The number of hydrogen-bond acceptors (Lipinski definition) is 5. The number of thiophene rings is 1. The second kappa shape index (κ2) is 9.19. The minimum Gasteiger partial charge on any atom is -0.497 e. The van der Waals surface area contributed by atoms with Gasteiger partial charge in [-0.1, -0.05) is 36.4 Å². The summed E-state index contributed by atoms with van der Waals surface area (Å²) in [7, 11) is 1.55. The Labute approximate surface area is 167 Å². The fourth-order valence-electron chi connectivity index (χ4n) is 2.72. The first kappa shape index (κ1) is 19.6. The predicted octanol–water partition coefficient (Wildman–Crippen LogP) is 4.78. The fourth-order valence-corrected chi connectivity index (χ4v) is 3.79. The summed E-state index contributed by atoms with van der Waals surface area (Å²) in [4.78, 5) is 26.0. The third kappa shape index (κ3) is 4.78. The Hall–Kier alpha value is -3.12. The van der Waals surface area contributed by atoms with Gasteiger partial charge in [0, 0.05) is 16.9 Å². The van der Waals surface area contributed by atoms with Crippen LogP contribution in [0.1, 0.15) is 38.1 Å². The Bertz CT molecular complexity index is 966. The molecule has 0 bridgehead atoms. The van der Waals surface area contributed by atoms with Gasteiger partial charge in [-0.05, 0) is 36.8 Å². The topological polar surface area (TPSA) is 64.6 Å². The van der Waals surface area contributed by atoms with Gasteiger partial charge in [0.1, 0.15) is 10.8 Å². The largest absolute Gasteiger partial charge is 0.497 e. The van der Waals surface area contributed by atoms with Crippen LogP contribution in [0.2, 0.25) is 0 Å². The van der Waals surface area contributed by atoms with Crippen molar-refractivity contribution in [1.29, 1.82) is 0 Å². The molecular formula is C22H21NO4S. The molecule has 0 atom stereocenters. The summed E-state index contributed by atoms with van der Waals surface area (Å²) in [5.74, 6) is -0.161. The first-order valence-electron chi connectivity index (χ1n) is 8.90. The van der Waals surface area contributed by atoms with E-state index in [-0.39, 0.29) is 12.5 Å². The van der Waals surface area contributed by atoms with Crippen molar-refractivity contribution in [3.63, 3.8) is 0 Å². The van der Waals surface area contributed by atoms with Crippen LogP contribution in [0.5, 0.6) is 5.75 Å². The van der Waals surface area contributed by atoms with Crippen molar-refractivity contribution in [3.05, 3.63) is 82.2 Å². The van der Waals surface area contributed by atoms with Crippen molar-refractivity contribution >= 4 is 28.2 Å². The summed E-state index contributed by atoms with van der Waals surface area (Å²) in [5.41, 5.74) is 1.95. The van der Waals surface area contributed by atoms with Crippen LogP contribution >= 0.6 is 11.3 Å². The van der Waals surface area contributed by atoms with E-state index in [4.69, 9.17) is 9.47 Å². The highest BCUT2D eigenvalue weighted by Crippen LogP contribution is 2.31. The minimum absolute atomic E-state index is 0.270. The van der Waals surface area contributed by atoms with Crippen LogP contribution in [-0.2, 0) is 11.2 Å². The number of nitrogens with one attached hydrogen (secondary N) is 1. The zero-order chi connectivity index (χ0) is 19.9. The molecule has 1 aromatic heterocycles. The van der Waals surface area contributed by atoms with Gasteiger partial charge in [-0.3, -0.25) is 4.79 Å². The van der Waals surface area contributed by atoms with Gasteiger partial charge in [-0.25, -0.2) is 4.79 Å². The zero-order valence-corrected chi connectivity index (χ0v) is 16.5. The van der Waals surface area contributed by atoms with E-state index in [9.17, 15) is 9.59 Å². The maximum atomic E-state index is 12.7. The number of benzene rings is 2. The molecule has 0 radical (unpaired) electrons. The van der Waals surface area contributed by atoms with Crippen LogP contribution in [0, 0.1) is 0 Å². The van der Waals surface area contributed by atoms with Gasteiger partial charge in [0.25, 0.3) is 5.91 Å². The summed E-state index contributed by atoms with van der Waals surface area (Å²) in [6, 6.07) is 18.6. The first-order valence-corrected chi connectivity index (χ1v) is 9.71. The second-order valence-corrected chi connectivity index (χ2v) is 7.16.